The fourth-order valence-corrected chi connectivity index (χ4v) is 16.0. The van der Waals surface area contributed by atoms with Crippen LogP contribution in [-0.4, -0.2) is 59.1 Å². The second-order valence-electron chi connectivity index (χ2n) is 28.1. The Hall–Kier alpha value is -13.9. The van der Waals surface area contributed by atoms with Gasteiger partial charge in [0, 0.05) is 125 Å². The summed E-state index contributed by atoms with van der Waals surface area (Å²) in [5.74, 6) is -2.81. The maximum absolute atomic E-state index is 12.5. The number of thiol groups is 1. The Labute approximate surface area is 687 Å². The fourth-order valence-electron chi connectivity index (χ4n) is 15.2. The van der Waals surface area contributed by atoms with E-state index in [0.717, 1.165) is 89.1 Å². The Balaban J connectivity index is 0.000000131. The number of nitrogens with two attached hydrogens (primary N) is 1. The lowest BCUT2D eigenvalue weighted by molar-refractivity contribution is -0.110. The molecule has 18 rings (SSSR count). The van der Waals surface area contributed by atoms with Crippen molar-refractivity contribution in [3.05, 3.63) is 350 Å². The molecule has 0 saturated heterocycles. The van der Waals surface area contributed by atoms with E-state index in [9.17, 15) is 49.2 Å². The van der Waals surface area contributed by atoms with Crippen LogP contribution in [0, 0.1) is 20.8 Å². The van der Waals surface area contributed by atoms with Crippen molar-refractivity contribution in [1.82, 2.24) is 15.0 Å². The highest BCUT2D eigenvalue weighted by Gasteiger charge is 2.33. The van der Waals surface area contributed by atoms with Gasteiger partial charge >= 0.3 is 17.9 Å². The van der Waals surface area contributed by atoms with E-state index < -0.39 is 23.3 Å². The minimum absolute atomic E-state index is 0.0159. The molecule has 12 aromatic rings. The number of anilines is 4. The van der Waals surface area contributed by atoms with Crippen molar-refractivity contribution in [3.8, 4) is 50.7 Å². The Morgan fingerprint density at radius 3 is 1.37 bits per heavy atom. The van der Waals surface area contributed by atoms with Gasteiger partial charge in [0.2, 0.25) is 10.9 Å². The minimum Gasteiger partial charge on any atom is -0.508 e. The monoisotopic (exact) mass is 1620 g/mol. The number of benzene rings is 11. The number of hydrogen-bond acceptors (Lipinski definition) is 17. The van der Waals surface area contributed by atoms with Crippen molar-refractivity contribution < 1.29 is 48.4 Å². The number of fused-ring (bicyclic) bond motifs is 9. The van der Waals surface area contributed by atoms with Crippen molar-refractivity contribution in [2.75, 3.05) is 21.7 Å². The molecule has 5 heterocycles. The first-order valence-corrected chi connectivity index (χ1v) is 38.4. The van der Waals surface area contributed by atoms with Gasteiger partial charge in [-0.05, 0) is 181 Å². The first-order valence-electron chi connectivity index (χ1n) is 36.8. The summed E-state index contributed by atoms with van der Waals surface area (Å²) in [5.41, 5.74) is 24.7. The predicted octanol–water partition coefficient (Wildman–Crippen LogP) is 21.2. The summed E-state index contributed by atoms with van der Waals surface area (Å²) < 4.78 is 12.7. The number of nitrogen functional groups attached to an aromatic ring is 1. The van der Waals surface area contributed by atoms with E-state index >= 15 is 0 Å². The normalized spacial score (nSPS) is 12.4. The quantitative estimate of drug-likeness (QED) is 0.0262. The molecule has 117 heavy (non-hydrogen) atoms. The lowest BCUT2D eigenvalue weighted by Crippen LogP contribution is -2.17. The van der Waals surface area contributed by atoms with Crippen LogP contribution in [0.5, 0.6) is 5.75 Å². The zero-order chi connectivity index (χ0) is 81.8. The van der Waals surface area contributed by atoms with Gasteiger partial charge < -0.3 is 50.9 Å². The third-order valence-electron chi connectivity index (χ3n) is 20.8. The molecule has 6 aliphatic rings. The molecule has 0 amide bonds. The number of aromatic hydroxyl groups is 1. The van der Waals surface area contributed by atoms with Gasteiger partial charge in [-0.15, -0.1) is 12.6 Å². The summed E-state index contributed by atoms with van der Waals surface area (Å²) in [6.45, 7) is 6.77. The number of para-hydroxylation sites is 3. The number of aromatic carboxylic acids is 3. The first kappa shape index (κ1) is 77.1. The van der Waals surface area contributed by atoms with Crippen molar-refractivity contribution in [1.29, 1.82) is 0 Å². The number of nitrogens with zero attached hydrogens (tertiary/aromatic N) is 3. The number of carbonyl (C=O) groups excluding carboxylic acids is 1. The Morgan fingerprint density at radius 2 is 0.889 bits per heavy atom. The molecule has 4 aliphatic carbocycles. The van der Waals surface area contributed by atoms with Gasteiger partial charge in [0.15, 0.2) is 5.78 Å². The number of carboxylic acid groups (broad SMARTS) is 3. The highest BCUT2D eigenvalue weighted by atomic mass is 35.5. The van der Waals surface area contributed by atoms with E-state index in [1.807, 2.05) is 124 Å². The summed E-state index contributed by atoms with van der Waals surface area (Å²) in [4.78, 5) is 88.8. The van der Waals surface area contributed by atoms with Crippen LogP contribution in [0.25, 0.3) is 105 Å². The van der Waals surface area contributed by atoms with E-state index in [4.69, 9.17) is 77.0 Å². The lowest BCUT2D eigenvalue weighted by Gasteiger charge is -2.29. The molecular weight excluding hydrogens is 1560 g/mol. The topological polar surface area (TPSA) is 310 Å². The molecule has 0 radical (unpaired) electrons. The van der Waals surface area contributed by atoms with Gasteiger partial charge in [0.05, 0.1) is 65.4 Å². The van der Waals surface area contributed by atoms with Crippen LogP contribution in [0.3, 0.4) is 0 Å². The summed E-state index contributed by atoms with van der Waals surface area (Å²) in [7, 11) is 0. The number of carboxylic acids is 3. The SMILES string of the molecule is Cc1ccc2cccc(NCc3c(N)ccc4c(-c5ccccc5C(=O)O)c5cc(Cl)c(=O)cc-5oc34)c2n1.Cc1ccc2cccc(NCc3c(O)ccc4c3CC3=CC(=O)C(Cl)=CC3=C4c3ccccc3C(=O)O)c2n1.Cc1ccc2cccc(NCc3c(S)ccc4c(-c5ccccc5C(=O)O)c5cc(Cl)c(=O)cc-5oc34)c2n1. The van der Waals surface area contributed by atoms with E-state index in [-0.39, 0.29) is 54.5 Å². The zero-order valence-electron chi connectivity index (χ0n) is 62.4. The van der Waals surface area contributed by atoms with Gasteiger partial charge in [0.1, 0.15) is 28.4 Å². The molecule has 0 unspecified atom stereocenters. The smallest absolute Gasteiger partial charge is 0.336 e. The summed E-state index contributed by atoms with van der Waals surface area (Å²) in [6, 6.07) is 66.3. The molecule has 9 N–H and O–H groups in total. The average molecular weight is 1620 g/mol. The van der Waals surface area contributed by atoms with Gasteiger partial charge in [-0.1, -0.05) is 150 Å². The average Bonchev–Trinajstić information content (AvgIpc) is 0.745. The van der Waals surface area contributed by atoms with Gasteiger partial charge in [-0.25, -0.2) is 14.4 Å². The molecule has 0 atom stereocenters. The molecule has 3 aromatic heterocycles. The molecule has 0 saturated carbocycles. The molecule has 0 bridgehead atoms. The molecule has 19 nitrogen and oxygen atoms in total. The first-order chi connectivity index (χ1) is 56.4. The number of hydrogen-bond donors (Lipinski definition) is 9. The van der Waals surface area contributed by atoms with Crippen LogP contribution in [0.15, 0.2) is 276 Å². The molecule has 0 fully saturated rings. The van der Waals surface area contributed by atoms with E-state index in [1.54, 1.807) is 103 Å². The molecule has 2 aliphatic heterocycles. The number of rotatable bonds is 15. The highest BCUT2D eigenvalue weighted by molar-refractivity contribution is 7.80. The number of nitrogens with one attached hydrogen (secondary N) is 3. The molecular formula is C94H66Cl3N7O12S. The van der Waals surface area contributed by atoms with E-state index in [0.29, 0.717) is 126 Å². The number of carbonyl (C=O) groups is 4. The zero-order valence-corrected chi connectivity index (χ0v) is 65.6. The van der Waals surface area contributed by atoms with E-state index in [2.05, 4.69) is 16.0 Å². The number of phenolic OH excluding ortho intramolecular Hbond substituents is 1. The van der Waals surface area contributed by atoms with Gasteiger partial charge in [0.25, 0.3) is 0 Å². The summed E-state index contributed by atoms with van der Waals surface area (Å²) >= 11 is 23.4. The highest BCUT2D eigenvalue weighted by Crippen LogP contribution is 2.49. The Morgan fingerprint density at radius 1 is 0.462 bits per heavy atom. The van der Waals surface area contributed by atoms with Crippen molar-refractivity contribution in [3.63, 3.8) is 0 Å². The fraction of sp³-hybridized carbons (Fsp3) is 0.0745. The number of halogens is 3. The van der Waals surface area contributed by atoms with Gasteiger partial charge in [-0.3, -0.25) is 29.3 Å². The second-order valence-corrected chi connectivity index (χ2v) is 29.8. The number of phenols is 1. The number of aryl methyl sites for hydroxylation is 3. The largest absolute Gasteiger partial charge is 0.508 e. The van der Waals surface area contributed by atoms with Gasteiger partial charge in [-0.2, -0.15) is 0 Å². The lowest BCUT2D eigenvalue weighted by atomic mass is 9.75. The predicted molar refractivity (Wildman–Crippen MR) is 464 cm³/mol. The number of ketones is 1. The summed E-state index contributed by atoms with van der Waals surface area (Å²) in [5, 5.41) is 55.7. The molecule has 576 valence electrons. The number of aromatic nitrogens is 3. The van der Waals surface area contributed by atoms with Crippen molar-refractivity contribution >= 4 is 154 Å². The second kappa shape index (κ2) is 31.8. The van der Waals surface area contributed by atoms with Crippen LogP contribution in [0.2, 0.25) is 10.0 Å². The summed E-state index contributed by atoms with van der Waals surface area (Å²) in [6.07, 6.45) is 3.50. The Kier molecular flexibility index (Phi) is 21.0. The number of allylic oxidation sites excluding steroid dienone is 5. The maximum atomic E-state index is 12.5. The van der Waals surface area contributed by atoms with Crippen LogP contribution in [0.1, 0.15) is 81.5 Å². The standard InChI is InChI=1S/C32H23ClN2O4.C31H22ClN3O4.C31H21ClN2O4S/c1-17-9-10-18-5-4-8-27(31(18)35-17)34-16-25-24-13-19-14-29(37)26(33)15-23(19)30(21(24)11-12-28(25)36)20-6-2-3-7-22(20)32(38)39;1-16-9-10-17-5-4-8-25(29(17)35-16)34-15-22-24(33)12-11-20-28(18-6-2-3-7-19(18)31(37)38)21-13-23(32)26(36)14-27(21)39-30(20)22;1-16-9-10-17-5-4-8-24(29(17)34-16)33-15-22-27(39)12-11-20-28(18-6-2-3-7-19(18)31(36)37)21-13-23(32)25(35)14-26(21)38-30(20)22/h2-12,14-15,34,36H,13,16H2,1H3,(H,38,39);2-14,34H,15,33H2,1H3,(H,37,38);2-14,33,39H,15H2,1H3,(H,36,37). The van der Waals surface area contributed by atoms with Crippen LogP contribution in [-0.2, 0) is 30.8 Å². The molecule has 9 aromatic carbocycles. The Bertz CT molecular complexity index is 6790. The minimum atomic E-state index is -1.07. The van der Waals surface area contributed by atoms with Crippen LogP contribution >= 0.6 is 47.4 Å². The van der Waals surface area contributed by atoms with Crippen molar-refractivity contribution in [2.24, 2.45) is 0 Å². The number of pyridine rings is 3. The van der Waals surface area contributed by atoms with Crippen molar-refractivity contribution in [2.45, 2.75) is 51.7 Å². The third-order valence-corrected chi connectivity index (χ3v) is 22.1. The van der Waals surface area contributed by atoms with E-state index in [1.165, 1.54) is 30.3 Å². The third kappa shape index (κ3) is 14.9. The molecule has 0 spiro atoms. The van der Waals surface area contributed by atoms with Crippen LogP contribution in [0.4, 0.5) is 22.7 Å². The van der Waals surface area contributed by atoms with Crippen LogP contribution < -0.4 is 32.5 Å². The maximum Gasteiger partial charge on any atom is 0.336 e. The molecule has 23 heteroatoms.